The fourth-order valence-corrected chi connectivity index (χ4v) is 1.48. The van der Waals surface area contributed by atoms with E-state index >= 15 is 0 Å². The van der Waals surface area contributed by atoms with Gasteiger partial charge in [-0.1, -0.05) is 0 Å². The number of nitrogen functional groups attached to an aromatic ring is 1. The minimum atomic E-state index is -4.94. The lowest BCUT2D eigenvalue weighted by Gasteiger charge is -2.13. The SMILES string of the molecule is C[C@H](NC(=O)c1cc(C(F)(F)F)cc([N+](=O)[O-])c1N)C(=O)O. The van der Waals surface area contributed by atoms with Gasteiger partial charge in [0.2, 0.25) is 0 Å². The summed E-state index contributed by atoms with van der Waals surface area (Å²) in [6.07, 6.45) is -4.94. The van der Waals surface area contributed by atoms with E-state index in [1.165, 1.54) is 0 Å². The molecule has 0 saturated carbocycles. The highest BCUT2D eigenvalue weighted by molar-refractivity contribution is 6.02. The third kappa shape index (κ3) is 3.62. The molecule has 0 radical (unpaired) electrons. The van der Waals surface area contributed by atoms with Crippen molar-refractivity contribution in [2.75, 3.05) is 5.73 Å². The third-order valence-corrected chi connectivity index (χ3v) is 2.64. The largest absolute Gasteiger partial charge is 0.480 e. The number of nitro benzene ring substituents is 1. The van der Waals surface area contributed by atoms with Crippen LogP contribution >= 0.6 is 0 Å². The number of amides is 1. The molecule has 0 aliphatic rings. The van der Waals surface area contributed by atoms with Crippen molar-refractivity contribution in [2.24, 2.45) is 0 Å². The minimum absolute atomic E-state index is 0.201. The molecule has 8 nitrogen and oxygen atoms in total. The number of hydrogen-bond donors (Lipinski definition) is 3. The van der Waals surface area contributed by atoms with Gasteiger partial charge >= 0.3 is 12.1 Å². The van der Waals surface area contributed by atoms with Crippen LogP contribution in [0.5, 0.6) is 0 Å². The van der Waals surface area contributed by atoms with Crippen LogP contribution in [0.3, 0.4) is 0 Å². The molecule has 0 saturated heterocycles. The minimum Gasteiger partial charge on any atom is -0.480 e. The van der Waals surface area contributed by atoms with Crippen molar-refractivity contribution in [2.45, 2.75) is 19.1 Å². The van der Waals surface area contributed by atoms with Crippen LogP contribution in [0.1, 0.15) is 22.8 Å². The highest BCUT2D eigenvalue weighted by atomic mass is 19.4. The quantitative estimate of drug-likeness (QED) is 0.435. The molecule has 0 aromatic heterocycles. The molecule has 0 fully saturated rings. The van der Waals surface area contributed by atoms with Crippen molar-refractivity contribution in [3.05, 3.63) is 33.4 Å². The van der Waals surface area contributed by atoms with Crippen molar-refractivity contribution < 1.29 is 32.8 Å². The lowest BCUT2D eigenvalue weighted by molar-refractivity contribution is -0.384. The molecule has 0 heterocycles. The van der Waals surface area contributed by atoms with Crippen molar-refractivity contribution >= 4 is 23.3 Å². The molecule has 0 spiro atoms. The highest BCUT2D eigenvalue weighted by Gasteiger charge is 2.35. The van der Waals surface area contributed by atoms with Gasteiger partial charge in [0, 0.05) is 6.07 Å². The van der Waals surface area contributed by atoms with Crippen LogP contribution in [-0.2, 0) is 11.0 Å². The molecule has 1 atom stereocenters. The van der Waals surface area contributed by atoms with Crippen molar-refractivity contribution in [3.8, 4) is 0 Å². The topological polar surface area (TPSA) is 136 Å². The van der Waals surface area contributed by atoms with E-state index in [0.717, 1.165) is 6.92 Å². The van der Waals surface area contributed by atoms with Gasteiger partial charge in [0.25, 0.3) is 11.6 Å². The molecule has 11 heteroatoms. The molecular formula is C11H10F3N3O5. The highest BCUT2D eigenvalue weighted by Crippen LogP contribution is 2.36. The van der Waals surface area contributed by atoms with Crippen molar-refractivity contribution in [1.29, 1.82) is 0 Å². The zero-order valence-corrected chi connectivity index (χ0v) is 11.0. The number of aliphatic carboxylic acids is 1. The Balaban J connectivity index is 3.40. The summed E-state index contributed by atoms with van der Waals surface area (Å²) >= 11 is 0. The Morgan fingerprint density at radius 2 is 1.95 bits per heavy atom. The Hall–Kier alpha value is -2.85. The van der Waals surface area contributed by atoms with Crippen LogP contribution < -0.4 is 11.1 Å². The molecule has 0 aliphatic heterocycles. The average molecular weight is 321 g/mol. The zero-order valence-electron chi connectivity index (χ0n) is 11.0. The predicted molar refractivity (Wildman–Crippen MR) is 67.1 cm³/mol. The van der Waals surface area contributed by atoms with Gasteiger partial charge in [0.1, 0.15) is 11.7 Å². The van der Waals surface area contributed by atoms with E-state index in [0.29, 0.717) is 6.07 Å². The van der Waals surface area contributed by atoms with Gasteiger partial charge in [-0.05, 0) is 13.0 Å². The Bertz CT molecular complexity index is 645. The Kier molecular flexibility index (Phi) is 4.59. The second kappa shape index (κ2) is 5.87. The van der Waals surface area contributed by atoms with Crippen LogP contribution in [0, 0.1) is 10.1 Å². The van der Waals surface area contributed by atoms with Crippen LogP contribution in [0.2, 0.25) is 0 Å². The zero-order chi connectivity index (χ0) is 17.2. The summed E-state index contributed by atoms with van der Waals surface area (Å²) in [4.78, 5) is 32.0. The second-order valence-electron chi connectivity index (χ2n) is 4.24. The van der Waals surface area contributed by atoms with E-state index < -0.39 is 51.5 Å². The van der Waals surface area contributed by atoms with Gasteiger partial charge < -0.3 is 16.2 Å². The molecule has 0 aliphatic carbocycles. The number of nitrogens with zero attached hydrogens (tertiary/aromatic N) is 1. The van der Waals surface area contributed by atoms with Crippen LogP contribution in [-0.4, -0.2) is 27.9 Å². The Morgan fingerprint density at radius 3 is 2.36 bits per heavy atom. The Morgan fingerprint density at radius 1 is 1.41 bits per heavy atom. The number of carboxylic acids is 1. The monoisotopic (exact) mass is 321 g/mol. The van der Waals surface area contributed by atoms with E-state index in [9.17, 15) is 32.9 Å². The number of carbonyl (C=O) groups excluding carboxylic acids is 1. The molecule has 22 heavy (non-hydrogen) atoms. The number of nitro groups is 1. The first-order chi connectivity index (χ1) is 9.95. The van der Waals surface area contributed by atoms with Gasteiger partial charge in [0.15, 0.2) is 0 Å². The lowest BCUT2D eigenvalue weighted by Crippen LogP contribution is -2.38. The number of benzene rings is 1. The summed E-state index contributed by atoms with van der Waals surface area (Å²) in [7, 11) is 0. The molecule has 1 aromatic carbocycles. The number of hydrogen-bond acceptors (Lipinski definition) is 5. The number of carbonyl (C=O) groups is 2. The number of rotatable bonds is 4. The molecule has 1 aromatic rings. The maximum Gasteiger partial charge on any atom is 0.416 e. The van der Waals surface area contributed by atoms with E-state index in [2.05, 4.69) is 0 Å². The van der Waals surface area contributed by atoms with Gasteiger partial charge in [-0.2, -0.15) is 13.2 Å². The molecule has 0 unspecified atom stereocenters. The smallest absolute Gasteiger partial charge is 0.416 e. The van der Waals surface area contributed by atoms with Crippen molar-refractivity contribution in [3.63, 3.8) is 0 Å². The van der Waals surface area contributed by atoms with Gasteiger partial charge in [-0.3, -0.25) is 19.7 Å². The molecule has 1 rings (SSSR count). The predicted octanol–water partition coefficient (Wildman–Crippen LogP) is 1.40. The number of carboxylic acid groups (broad SMARTS) is 1. The number of halogens is 3. The summed E-state index contributed by atoms with van der Waals surface area (Å²) in [5.41, 5.74) is 1.19. The van der Waals surface area contributed by atoms with Crippen molar-refractivity contribution in [1.82, 2.24) is 5.32 Å². The first-order valence-electron chi connectivity index (χ1n) is 5.64. The molecule has 0 bridgehead atoms. The number of nitrogens with two attached hydrogens (primary N) is 1. The summed E-state index contributed by atoms with van der Waals surface area (Å²) in [5, 5.41) is 21.3. The summed E-state index contributed by atoms with van der Waals surface area (Å²) in [5.74, 6) is -2.70. The maximum absolute atomic E-state index is 12.7. The summed E-state index contributed by atoms with van der Waals surface area (Å²) in [6, 6.07) is -0.889. The number of alkyl halides is 3. The van der Waals surface area contributed by atoms with E-state index in [4.69, 9.17) is 10.8 Å². The second-order valence-corrected chi connectivity index (χ2v) is 4.24. The fourth-order valence-electron chi connectivity index (χ4n) is 1.48. The first-order valence-corrected chi connectivity index (χ1v) is 5.64. The van der Waals surface area contributed by atoms with Gasteiger partial charge in [-0.25, -0.2) is 0 Å². The molecule has 120 valence electrons. The number of anilines is 1. The van der Waals surface area contributed by atoms with Crippen LogP contribution in [0.4, 0.5) is 24.5 Å². The average Bonchev–Trinajstić information content (AvgIpc) is 2.36. The summed E-state index contributed by atoms with van der Waals surface area (Å²) < 4.78 is 38.1. The third-order valence-electron chi connectivity index (χ3n) is 2.64. The van der Waals surface area contributed by atoms with E-state index in [-0.39, 0.29) is 6.07 Å². The maximum atomic E-state index is 12.7. The first kappa shape index (κ1) is 17.2. The van der Waals surface area contributed by atoms with Crippen LogP contribution in [0.15, 0.2) is 12.1 Å². The normalized spacial score (nSPS) is 12.5. The molecule has 4 N–H and O–H groups in total. The summed E-state index contributed by atoms with van der Waals surface area (Å²) in [6.45, 7) is 1.07. The van der Waals surface area contributed by atoms with E-state index in [1.807, 2.05) is 5.32 Å². The van der Waals surface area contributed by atoms with Gasteiger partial charge in [-0.15, -0.1) is 0 Å². The lowest BCUT2D eigenvalue weighted by atomic mass is 10.1. The van der Waals surface area contributed by atoms with E-state index in [1.54, 1.807) is 0 Å². The van der Waals surface area contributed by atoms with Crippen LogP contribution in [0.25, 0.3) is 0 Å². The molecular weight excluding hydrogens is 311 g/mol. The fraction of sp³-hybridized carbons (Fsp3) is 0.273. The standard InChI is InChI=1S/C11H10F3N3O5/c1-4(10(19)20)16-9(18)6-2-5(11(12,13)14)3-7(8(6)15)17(21)22/h2-4H,15H2,1H3,(H,16,18)(H,19,20)/t4-/m0/s1. The number of nitrogens with one attached hydrogen (secondary N) is 1. The molecule has 1 amide bonds. The Labute approximate surface area is 120 Å². The van der Waals surface area contributed by atoms with Gasteiger partial charge in [0.05, 0.1) is 16.1 Å².